The Kier molecular flexibility index (Phi) is 4.33. The summed E-state index contributed by atoms with van der Waals surface area (Å²) in [7, 11) is 1.53. The molecule has 0 unspecified atom stereocenters. The van der Waals surface area contributed by atoms with E-state index in [1.165, 1.54) is 13.2 Å². The van der Waals surface area contributed by atoms with Crippen molar-refractivity contribution >= 4 is 22.6 Å². The molecule has 0 saturated carbocycles. The number of hydrogen-bond acceptors (Lipinski definition) is 4. The molecule has 0 radical (unpaired) electrons. The first kappa shape index (κ1) is 15.8. The molecule has 2 aromatic carbocycles. The number of anilines is 1. The SMILES string of the molecule is CCc1ccccc1NC(=O)c1cc2ccc(OC)cc2oc1=O. The van der Waals surface area contributed by atoms with Crippen LogP contribution in [0.2, 0.25) is 0 Å². The lowest BCUT2D eigenvalue weighted by Crippen LogP contribution is -2.21. The van der Waals surface area contributed by atoms with Crippen molar-refractivity contribution in [2.45, 2.75) is 13.3 Å². The Morgan fingerprint density at radius 2 is 1.96 bits per heavy atom. The van der Waals surface area contributed by atoms with Crippen LogP contribution in [0.4, 0.5) is 5.69 Å². The monoisotopic (exact) mass is 323 g/mol. The van der Waals surface area contributed by atoms with Crippen LogP contribution in [-0.4, -0.2) is 13.0 Å². The minimum absolute atomic E-state index is 0.0291. The summed E-state index contributed by atoms with van der Waals surface area (Å²) in [5.74, 6) is 0.0992. The van der Waals surface area contributed by atoms with E-state index in [0.29, 0.717) is 22.4 Å². The lowest BCUT2D eigenvalue weighted by atomic mass is 10.1. The third-order valence-corrected chi connectivity index (χ3v) is 3.83. The molecule has 0 aliphatic heterocycles. The van der Waals surface area contributed by atoms with Crippen molar-refractivity contribution in [3.8, 4) is 5.75 Å². The second-order valence-electron chi connectivity index (χ2n) is 5.32. The maximum atomic E-state index is 12.5. The summed E-state index contributed by atoms with van der Waals surface area (Å²) in [6.45, 7) is 2.00. The number of hydrogen-bond donors (Lipinski definition) is 1. The molecular weight excluding hydrogens is 306 g/mol. The van der Waals surface area contributed by atoms with E-state index in [2.05, 4.69) is 5.32 Å². The second-order valence-corrected chi connectivity index (χ2v) is 5.32. The zero-order valence-electron chi connectivity index (χ0n) is 13.5. The zero-order chi connectivity index (χ0) is 17.1. The second kappa shape index (κ2) is 6.58. The average molecular weight is 323 g/mol. The first-order chi connectivity index (χ1) is 11.6. The lowest BCUT2D eigenvalue weighted by Gasteiger charge is -2.09. The number of aryl methyl sites for hydroxylation is 1. The molecule has 0 aliphatic rings. The van der Waals surface area contributed by atoms with Crippen molar-refractivity contribution in [1.82, 2.24) is 0 Å². The van der Waals surface area contributed by atoms with Crippen molar-refractivity contribution in [1.29, 1.82) is 0 Å². The predicted molar refractivity (Wildman–Crippen MR) is 92.8 cm³/mol. The predicted octanol–water partition coefficient (Wildman–Crippen LogP) is 3.62. The van der Waals surface area contributed by atoms with Gasteiger partial charge in [0.15, 0.2) is 0 Å². The van der Waals surface area contributed by atoms with Crippen LogP contribution < -0.4 is 15.7 Å². The lowest BCUT2D eigenvalue weighted by molar-refractivity contribution is 0.102. The highest BCUT2D eigenvalue weighted by Crippen LogP contribution is 2.21. The minimum Gasteiger partial charge on any atom is -0.497 e. The molecule has 1 aromatic heterocycles. The summed E-state index contributed by atoms with van der Waals surface area (Å²) in [5.41, 5.74) is 1.37. The Morgan fingerprint density at radius 3 is 2.71 bits per heavy atom. The Labute approximate surface area is 138 Å². The normalized spacial score (nSPS) is 10.6. The minimum atomic E-state index is -0.678. The van der Waals surface area contributed by atoms with Gasteiger partial charge in [0, 0.05) is 17.1 Å². The zero-order valence-corrected chi connectivity index (χ0v) is 13.5. The molecule has 24 heavy (non-hydrogen) atoms. The van der Waals surface area contributed by atoms with Gasteiger partial charge in [-0.15, -0.1) is 0 Å². The van der Waals surface area contributed by atoms with Crippen LogP contribution >= 0.6 is 0 Å². The molecule has 122 valence electrons. The molecule has 0 bridgehead atoms. The van der Waals surface area contributed by atoms with Crippen molar-refractivity contribution < 1.29 is 13.9 Å². The molecule has 1 amide bonds. The largest absolute Gasteiger partial charge is 0.497 e. The van der Waals surface area contributed by atoms with Crippen molar-refractivity contribution in [3.05, 3.63) is 70.1 Å². The Balaban J connectivity index is 1.98. The van der Waals surface area contributed by atoms with Crippen LogP contribution in [0.1, 0.15) is 22.8 Å². The van der Waals surface area contributed by atoms with Gasteiger partial charge < -0.3 is 14.5 Å². The number of para-hydroxylation sites is 1. The Hall–Kier alpha value is -3.08. The highest BCUT2D eigenvalue weighted by molar-refractivity contribution is 6.05. The Morgan fingerprint density at radius 1 is 1.17 bits per heavy atom. The van der Waals surface area contributed by atoms with Gasteiger partial charge in [-0.25, -0.2) is 4.79 Å². The highest BCUT2D eigenvalue weighted by Gasteiger charge is 2.15. The van der Waals surface area contributed by atoms with Gasteiger partial charge in [0.25, 0.3) is 5.91 Å². The smallest absolute Gasteiger partial charge is 0.349 e. The fourth-order valence-electron chi connectivity index (χ4n) is 2.52. The van der Waals surface area contributed by atoms with Crippen LogP contribution in [0.3, 0.4) is 0 Å². The van der Waals surface area contributed by atoms with Gasteiger partial charge >= 0.3 is 5.63 Å². The van der Waals surface area contributed by atoms with Crippen LogP contribution in [0.25, 0.3) is 11.0 Å². The molecule has 3 aromatic rings. The van der Waals surface area contributed by atoms with Crippen LogP contribution in [0.5, 0.6) is 5.75 Å². The molecule has 0 fully saturated rings. The maximum absolute atomic E-state index is 12.5. The first-order valence-electron chi connectivity index (χ1n) is 7.63. The molecular formula is C19H17NO4. The van der Waals surface area contributed by atoms with E-state index in [9.17, 15) is 9.59 Å². The number of benzene rings is 2. The third-order valence-electron chi connectivity index (χ3n) is 3.83. The van der Waals surface area contributed by atoms with E-state index >= 15 is 0 Å². The molecule has 1 heterocycles. The Bertz CT molecular complexity index is 959. The van der Waals surface area contributed by atoms with Crippen molar-refractivity contribution in [2.75, 3.05) is 12.4 Å². The maximum Gasteiger partial charge on any atom is 0.349 e. The number of carbonyl (C=O) groups excluding carboxylic acids is 1. The van der Waals surface area contributed by atoms with E-state index in [1.54, 1.807) is 18.2 Å². The molecule has 3 rings (SSSR count). The summed E-state index contributed by atoms with van der Waals surface area (Å²) in [5, 5.41) is 3.44. The van der Waals surface area contributed by atoms with Crippen LogP contribution in [0, 0.1) is 0 Å². The molecule has 1 N–H and O–H groups in total. The van der Waals surface area contributed by atoms with E-state index in [1.807, 2.05) is 31.2 Å². The standard InChI is InChI=1S/C19H17NO4/c1-3-12-6-4-5-7-16(12)20-18(21)15-10-13-8-9-14(23-2)11-17(13)24-19(15)22/h4-11H,3H2,1-2H3,(H,20,21). The van der Waals surface area contributed by atoms with Gasteiger partial charge in [-0.3, -0.25) is 4.79 Å². The van der Waals surface area contributed by atoms with Crippen molar-refractivity contribution in [3.63, 3.8) is 0 Å². The molecule has 0 spiro atoms. The number of fused-ring (bicyclic) bond motifs is 1. The summed E-state index contributed by atoms with van der Waals surface area (Å²) in [6, 6.07) is 14.1. The number of amides is 1. The molecule has 0 aliphatic carbocycles. The van der Waals surface area contributed by atoms with Gasteiger partial charge in [0.1, 0.15) is 16.9 Å². The van der Waals surface area contributed by atoms with Gasteiger partial charge in [0.2, 0.25) is 0 Å². The molecule has 0 saturated heterocycles. The van der Waals surface area contributed by atoms with Crippen LogP contribution in [0.15, 0.2) is 57.7 Å². The van der Waals surface area contributed by atoms with Gasteiger partial charge in [-0.05, 0) is 36.2 Å². The number of nitrogens with one attached hydrogen (secondary N) is 1. The number of carbonyl (C=O) groups is 1. The van der Waals surface area contributed by atoms with Gasteiger partial charge in [-0.2, -0.15) is 0 Å². The quantitative estimate of drug-likeness (QED) is 0.745. The number of rotatable bonds is 4. The fraction of sp³-hybridized carbons (Fsp3) is 0.158. The van der Waals surface area contributed by atoms with Gasteiger partial charge in [-0.1, -0.05) is 25.1 Å². The molecule has 5 heteroatoms. The number of ether oxygens (including phenoxy) is 1. The summed E-state index contributed by atoms with van der Waals surface area (Å²) in [4.78, 5) is 24.6. The van der Waals surface area contributed by atoms with E-state index in [-0.39, 0.29) is 5.56 Å². The van der Waals surface area contributed by atoms with E-state index in [4.69, 9.17) is 9.15 Å². The summed E-state index contributed by atoms with van der Waals surface area (Å²) in [6.07, 6.45) is 0.780. The fourth-order valence-corrected chi connectivity index (χ4v) is 2.52. The highest BCUT2D eigenvalue weighted by atomic mass is 16.5. The van der Waals surface area contributed by atoms with Crippen LogP contribution in [-0.2, 0) is 6.42 Å². The topological polar surface area (TPSA) is 68.5 Å². The summed E-state index contributed by atoms with van der Waals surface area (Å²) >= 11 is 0. The van der Waals surface area contributed by atoms with Crippen molar-refractivity contribution in [2.24, 2.45) is 0 Å². The van der Waals surface area contributed by atoms with Gasteiger partial charge in [0.05, 0.1) is 7.11 Å². The average Bonchev–Trinajstić information content (AvgIpc) is 2.60. The van der Waals surface area contributed by atoms with E-state index < -0.39 is 11.5 Å². The first-order valence-corrected chi connectivity index (χ1v) is 7.63. The number of methoxy groups -OCH3 is 1. The third kappa shape index (κ3) is 3.01. The summed E-state index contributed by atoms with van der Waals surface area (Å²) < 4.78 is 10.4. The molecule has 0 atom stereocenters. The van der Waals surface area contributed by atoms with E-state index in [0.717, 1.165) is 12.0 Å². The molecule has 5 nitrogen and oxygen atoms in total.